The summed E-state index contributed by atoms with van der Waals surface area (Å²) in [6, 6.07) is 11.8. The fourth-order valence-electron chi connectivity index (χ4n) is 3.86. The van der Waals surface area contributed by atoms with Crippen molar-refractivity contribution >= 4 is 39.8 Å². The van der Waals surface area contributed by atoms with Crippen molar-refractivity contribution in [2.75, 3.05) is 56.9 Å². The predicted octanol–water partition coefficient (Wildman–Crippen LogP) is 4.43. The number of ether oxygens (including phenoxy) is 1. The van der Waals surface area contributed by atoms with Gasteiger partial charge in [0.15, 0.2) is 0 Å². The van der Waals surface area contributed by atoms with Crippen LogP contribution in [0.2, 0.25) is 0 Å². The van der Waals surface area contributed by atoms with E-state index in [9.17, 15) is 9.18 Å². The number of benzene rings is 2. The first-order chi connectivity index (χ1) is 17.8. The van der Waals surface area contributed by atoms with Crippen molar-refractivity contribution in [2.45, 2.75) is 0 Å². The number of fused-ring (bicyclic) bond motifs is 1. The first-order valence-corrected chi connectivity index (χ1v) is 11.7. The largest absolute Gasteiger partial charge is 0.494 e. The average molecular weight is 504 g/mol. The van der Waals surface area contributed by atoms with Gasteiger partial charge in [-0.1, -0.05) is 12.6 Å². The van der Waals surface area contributed by atoms with Gasteiger partial charge >= 0.3 is 0 Å². The van der Waals surface area contributed by atoms with Gasteiger partial charge in [0.2, 0.25) is 5.91 Å². The number of aromatic nitrogens is 3. The third kappa shape index (κ3) is 5.87. The highest BCUT2D eigenvalue weighted by molar-refractivity contribution is 6.02. The normalized spacial score (nSPS) is 11.0. The van der Waals surface area contributed by atoms with Crippen molar-refractivity contribution in [1.29, 1.82) is 0 Å². The SMILES string of the molecule is C=CC(=O)Nc1cc(Nc2cc3c(cn2)ncn3-c2cccc(F)c2)c(OC)cc1N(C)CCN(C)C. The minimum Gasteiger partial charge on any atom is -0.494 e. The number of hydrogen-bond donors (Lipinski definition) is 2. The zero-order chi connectivity index (χ0) is 26.5. The molecule has 0 fully saturated rings. The number of anilines is 4. The maximum atomic E-state index is 13.8. The van der Waals surface area contributed by atoms with E-state index in [1.165, 1.54) is 18.2 Å². The minimum absolute atomic E-state index is 0.322. The predicted molar refractivity (Wildman–Crippen MR) is 146 cm³/mol. The van der Waals surface area contributed by atoms with Crippen LogP contribution in [0.1, 0.15) is 0 Å². The summed E-state index contributed by atoms with van der Waals surface area (Å²) in [6.07, 6.45) is 4.50. The molecule has 0 bridgehead atoms. The summed E-state index contributed by atoms with van der Waals surface area (Å²) in [6.45, 7) is 5.13. The Bertz CT molecular complexity index is 1430. The number of nitrogens with zero attached hydrogens (tertiary/aromatic N) is 5. The van der Waals surface area contributed by atoms with Gasteiger partial charge in [-0.2, -0.15) is 0 Å². The lowest BCUT2D eigenvalue weighted by Crippen LogP contribution is -2.29. The van der Waals surface area contributed by atoms with E-state index in [1.807, 2.05) is 38.2 Å². The Labute approximate surface area is 215 Å². The molecular formula is C27H30FN7O2. The van der Waals surface area contributed by atoms with Crippen LogP contribution in [0.3, 0.4) is 0 Å². The van der Waals surface area contributed by atoms with Crippen molar-refractivity contribution in [1.82, 2.24) is 19.4 Å². The molecule has 1 amide bonds. The van der Waals surface area contributed by atoms with E-state index in [4.69, 9.17) is 4.74 Å². The van der Waals surface area contributed by atoms with E-state index in [1.54, 1.807) is 42.4 Å². The van der Waals surface area contributed by atoms with Gasteiger partial charge in [0, 0.05) is 32.3 Å². The number of carbonyl (C=O) groups is 1. The molecule has 0 radical (unpaired) electrons. The molecular weight excluding hydrogens is 473 g/mol. The van der Waals surface area contributed by atoms with Crippen LogP contribution in [-0.4, -0.2) is 66.7 Å². The Hall–Kier alpha value is -4.44. The first-order valence-electron chi connectivity index (χ1n) is 11.7. The number of hydrogen-bond acceptors (Lipinski definition) is 7. The molecule has 0 saturated heterocycles. The van der Waals surface area contributed by atoms with Crippen molar-refractivity contribution in [3.8, 4) is 11.4 Å². The Kier molecular flexibility index (Phi) is 7.69. The minimum atomic E-state index is -0.332. The molecule has 2 heterocycles. The summed E-state index contributed by atoms with van der Waals surface area (Å²) >= 11 is 0. The molecule has 0 spiro atoms. The summed E-state index contributed by atoms with van der Waals surface area (Å²) in [5, 5.41) is 6.18. The molecule has 10 heteroatoms. The fourth-order valence-corrected chi connectivity index (χ4v) is 3.86. The second kappa shape index (κ2) is 11.1. The quantitative estimate of drug-likeness (QED) is 0.310. The van der Waals surface area contributed by atoms with Crippen molar-refractivity contribution < 1.29 is 13.9 Å². The van der Waals surface area contributed by atoms with Crippen LogP contribution in [0.4, 0.5) is 27.3 Å². The third-order valence-corrected chi connectivity index (χ3v) is 5.84. The van der Waals surface area contributed by atoms with Crippen molar-refractivity contribution in [2.24, 2.45) is 0 Å². The highest BCUT2D eigenvalue weighted by atomic mass is 19.1. The van der Waals surface area contributed by atoms with Gasteiger partial charge in [-0.05, 0) is 44.4 Å². The van der Waals surface area contributed by atoms with Gasteiger partial charge < -0.3 is 25.2 Å². The van der Waals surface area contributed by atoms with Crippen molar-refractivity contribution in [3.05, 3.63) is 73.5 Å². The number of likely N-dealkylation sites (N-methyl/N-ethyl adjacent to an activating group) is 2. The van der Waals surface area contributed by atoms with Crippen LogP contribution in [0.15, 0.2) is 67.6 Å². The summed E-state index contributed by atoms with van der Waals surface area (Å²) in [7, 11) is 7.55. The number of amides is 1. The lowest BCUT2D eigenvalue weighted by molar-refractivity contribution is -0.111. The molecule has 0 aliphatic heterocycles. The Morgan fingerprint density at radius 1 is 1.14 bits per heavy atom. The van der Waals surface area contributed by atoms with Gasteiger partial charge in [-0.15, -0.1) is 0 Å². The number of pyridine rings is 1. The summed E-state index contributed by atoms with van der Waals surface area (Å²) in [5.74, 6) is 0.445. The van der Waals surface area contributed by atoms with Crippen LogP contribution in [-0.2, 0) is 4.79 Å². The lowest BCUT2D eigenvalue weighted by Gasteiger charge is -2.26. The number of halogens is 1. The smallest absolute Gasteiger partial charge is 0.247 e. The van der Waals surface area contributed by atoms with Gasteiger partial charge in [-0.25, -0.2) is 14.4 Å². The summed E-state index contributed by atoms with van der Waals surface area (Å²) < 4.78 is 21.3. The monoisotopic (exact) mass is 503 g/mol. The number of imidazole rings is 1. The van der Waals surface area contributed by atoms with Gasteiger partial charge in [0.25, 0.3) is 0 Å². The Balaban J connectivity index is 1.72. The third-order valence-electron chi connectivity index (χ3n) is 5.84. The molecule has 4 aromatic rings. The molecule has 37 heavy (non-hydrogen) atoms. The highest BCUT2D eigenvalue weighted by Gasteiger charge is 2.17. The second-order valence-corrected chi connectivity index (χ2v) is 8.77. The van der Waals surface area contributed by atoms with E-state index in [0.29, 0.717) is 34.1 Å². The van der Waals surface area contributed by atoms with E-state index in [2.05, 4.69) is 32.1 Å². The average Bonchev–Trinajstić information content (AvgIpc) is 3.30. The number of carbonyl (C=O) groups excluding carboxylic acids is 1. The summed E-state index contributed by atoms with van der Waals surface area (Å²) in [5.41, 5.74) is 4.07. The molecule has 4 rings (SSSR count). The van der Waals surface area contributed by atoms with Crippen LogP contribution >= 0.6 is 0 Å². The zero-order valence-corrected chi connectivity index (χ0v) is 21.3. The number of methoxy groups -OCH3 is 1. The van der Waals surface area contributed by atoms with Crippen LogP contribution < -0.4 is 20.3 Å². The van der Waals surface area contributed by atoms with E-state index < -0.39 is 0 Å². The van der Waals surface area contributed by atoms with E-state index >= 15 is 0 Å². The molecule has 0 atom stereocenters. The fraction of sp³-hybridized carbons (Fsp3) is 0.222. The topological polar surface area (TPSA) is 87.5 Å². The Morgan fingerprint density at radius 3 is 2.65 bits per heavy atom. The molecule has 2 aromatic heterocycles. The Morgan fingerprint density at radius 2 is 1.95 bits per heavy atom. The van der Waals surface area contributed by atoms with E-state index in [0.717, 1.165) is 24.3 Å². The van der Waals surface area contributed by atoms with Gasteiger partial charge in [-0.3, -0.25) is 9.36 Å². The van der Waals surface area contributed by atoms with Gasteiger partial charge in [0.05, 0.1) is 41.6 Å². The van der Waals surface area contributed by atoms with Crippen LogP contribution in [0.25, 0.3) is 16.7 Å². The van der Waals surface area contributed by atoms with Crippen LogP contribution in [0, 0.1) is 5.82 Å². The maximum absolute atomic E-state index is 13.8. The number of nitrogens with one attached hydrogen (secondary N) is 2. The molecule has 192 valence electrons. The lowest BCUT2D eigenvalue weighted by atomic mass is 10.2. The van der Waals surface area contributed by atoms with Gasteiger partial charge in [0.1, 0.15) is 29.2 Å². The summed E-state index contributed by atoms with van der Waals surface area (Å²) in [4.78, 5) is 25.2. The molecule has 0 aliphatic rings. The molecule has 2 N–H and O–H groups in total. The molecule has 9 nitrogen and oxygen atoms in total. The maximum Gasteiger partial charge on any atom is 0.247 e. The number of rotatable bonds is 10. The zero-order valence-electron chi connectivity index (χ0n) is 21.3. The highest BCUT2D eigenvalue weighted by Crippen LogP contribution is 2.38. The standard InChI is InChI=1S/C27H30FN7O2/c1-6-27(36)32-20-13-21(25(37-5)14-23(20)34(4)11-10-33(2)3)31-26-15-24-22(16-29-26)30-17-35(24)19-9-7-8-18(28)12-19/h6-9,12-17H,1,10-11H2,2-5H3,(H,29,31)(H,32,36). The molecule has 0 aliphatic carbocycles. The van der Waals surface area contributed by atoms with Crippen LogP contribution in [0.5, 0.6) is 5.75 Å². The molecule has 2 aromatic carbocycles. The molecule has 0 saturated carbocycles. The van der Waals surface area contributed by atoms with E-state index in [-0.39, 0.29) is 11.7 Å². The second-order valence-electron chi connectivity index (χ2n) is 8.77. The first kappa shape index (κ1) is 25.6. The van der Waals surface area contributed by atoms with Crippen molar-refractivity contribution in [3.63, 3.8) is 0 Å². The molecule has 0 unspecified atom stereocenters.